The zero-order chi connectivity index (χ0) is 9.41. The second-order valence-electron chi connectivity index (χ2n) is 1.74. The summed E-state index contributed by atoms with van der Waals surface area (Å²) in [6.45, 7) is 0. The first-order valence-corrected chi connectivity index (χ1v) is 6.38. The normalized spacial score (nSPS) is 13.2. The van der Waals surface area contributed by atoms with Gasteiger partial charge >= 0.3 is 0 Å². The molecule has 0 saturated carbocycles. The van der Waals surface area contributed by atoms with Crippen LogP contribution in [-0.2, 0) is 9.84 Å². The molecule has 5 nitrogen and oxygen atoms in total. The van der Waals surface area contributed by atoms with Crippen LogP contribution >= 0.6 is 47.8 Å². The minimum atomic E-state index is -3.61. The Morgan fingerprint density at radius 3 is 2.33 bits per heavy atom. The van der Waals surface area contributed by atoms with Crippen molar-refractivity contribution >= 4 is 57.6 Å². The Bertz CT molecular complexity index is 353. The number of hydrogen-bond donors (Lipinski definition) is 1. The van der Waals surface area contributed by atoms with Gasteiger partial charge in [-0.25, -0.2) is 18.5 Å². The summed E-state index contributed by atoms with van der Waals surface area (Å²) in [6.07, 6.45) is 1.12. The maximum Gasteiger partial charge on any atom is 0.249 e. The van der Waals surface area contributed by atoms with Gasteiger partial charge in [0.05, 0.1) is 0 Å². The van der Waals surface area contributed by atoms with Gasteiger partial charge in [-0.05, 0) is 47.8 Å². The third-order valence-corrected chi connectivity index (χ3v) is 6.10. The molecule has 0 aromatic carbocycles. The van der Waals surface area contributed by atoms with Crippen molar-refractivity contribution in [2.45, 2.75) is 6.63 Å². The zero-order valence-corrected chi connectivity index (χ0v) is 10.9. The average Bonchev–Trinajstić information content (AvgIpc) is 2.34. The number of hydrogen-bond acceptors (Lipinski definition) is 4. The van der Waals surface area contributed by atoms with Gasteiger partial charge in [0.2, 0.25) is 16.5 Å². The number of alkyl halides is 3. The predicted molar refractivity (Wildman–Crippen MR) is 53.1 cm³/mol. The first-order chi connectivity index (χ1) is 5.36. The van der Waals surface area contributed by atoms with E-state index in [4.69, 9.17) is 0 Å². The molecule has 0 aliphatic rings. The van der Waals surface area contributed by atoms with Crippen LogP contribution in [0.5, 0.6) is 0 Å². The molecule has 0 spiro atoms. The second kappa shape index (κ2) is 3.35. The van der Waals surface area contributed by atoms with E-state index in [0.29, 0.717) is 0 Å². The molecule has 0 fully saturated rings. The molecule has 12 heavy (non-hydrogen) atoms. The SMILES string of the molecule is O=S(=O)(c1ncn[nH]1)C(Br)(Br)Br. The summed E-state index contributed by atoms with van der Waals surface area (Å²) in [7, 11) is -3.61. The minimum Gasteiger partial charge on any atom is -0.250 e. The molecule has 1 aromatic rings. The Kier molecular flexibility index (Phi) is 2.96. The minimum absolute atomic E-state index is 0.215. The molecule has 0 bridgehead atoms. The van der Waals surface area contributed by atoms with Crippen LogP contribution in [0.15, 0.2) is 11.5 Å². The molecule has 0 aliphatic carbocycles. The fourth-order valence-corrected chi connectivity index (χ4v) is 2.39. The van der Waals surface area contributed by atoms with Crippen molar-refractivity contribution in [3.05, 3.63) is 6.33 Å². The molecule has 0 amide bonds. The molecule has 0 aliphatic heterocycles. The van der Waals surface area contributed by atoms with Gasteiger partial charge in [-0.3, -0.25) is 0 Å². The molecule has 68 valence electrons. The Balaban J connectivity index is 3.22. The third kappa shape index (κ3) is 1.88. The number of halogens is 3. The fraction of sp³-hybridized carbons (Fsp3) is 0.333. The van der Waals surface area contributed by atoms with Crippen molar-refractivity contribution in [2.75, 3.05) is 0 Å². The maximum absolute atomic E-state index is 11.4. The van der Waals surface area contributed by atoms with Crippen LogP contribution in [-0.4, -0.2) is 25.1 Å². The lowest BCUT2D eigenvalue weighted by Crippen LogP contribution is -2.19. The zero-order valence-electron chi connectivity index (χ0n) is 5.33. The van der Waals surface area contributed by atoms with Gasteiger partial charge in [0.25, 0.3) is 0 Å². The van der Waals surface area contributed by atoms with Gasteiger partial charge in [0.15, 0.2) is 0 Å². The maximum atomic E-state index is 11.4. The number of nitrogens with zero attached hydrogens (tertiary/aromatic N) is 2. The molecule has 1 heterocycles. The highest BCUT2D eigenvalue weighted by Crippen LogP contribution is 2.41. The van der Waals surface area contributed by atoms with Gasteiger partial charge < -0.3 is 0 Å². The number of nitrogens with one attached hydrogen (secondary N) is 1. The van der Waals surface area contributed by atoms with Crippen molar-refractivity contribution < 1.29 is 8.42 Å². The summed E-state index contributed by atoms with van der Waals surface area (Å²) in [6, 6.07) is 0. The van der Waals surface area contributed by atoms with Crippen molar-refractivity contribution in [1.29, 1.82) is 0 Å². The van der Waals surface area contributed by atoms with Gasteiger partial charge in [-0.1, -0.05) is 0 Å². The fourth-order valence-electron chi connectivity index (χ4n) is 0.433. The summed E-state index contributed by atoms with van der Waals surface area (Å²) >= 11 is 8.64. The summed E-state index contributed by atoms with van der Waals surface area (Å²) in [5.74, 6) is 0. The van der Waals surface area contributed by atoms with Gasteiger partial charge in [-0.15, -0.1) is 0 Å². The smallest absolute Gasteiger partial charge is 0.249 e. The van der Waals surface area contributed by atoms with Crippen LogP contribution in [0.1, 0.15) is 0 Å². The van der Waals surface area contributed by atoms with Gasteiger partial charge in [0.1, 0.15) is 6.33 Å². The van der Waals surface area contributed by atoms with E-state index in [0.717, 1.165) is 6.33 Å². The molecule has 0 saturated heterocycles. The molecule has 1 N–H and O–H groups in total. The summed E-state index contributed by atoms with van der Waals surface area (Å²) in [5, 5.41) is 5.45. The quantitative estimate of drug-likeness (QED) is 0.743. The van der Waals surface area contributed by atoms with Gasteiger partial charge in [0, 0.05) is 0 Å². The van der Waals surface area contributed by atoms with E-state index in [1.54, 1.807) is 0 Å². The van der Waals surface area contributed by atoms with Crippen molar-refractivity contribution in [3.8, 4) is 0 Å². The van der Waals surface area contributed by atoms with Crippen LogP contribution in [0.3, 0.4) is 0 Å². The lowest BCUT2D eigenvalue weighted by molar-refractivity contribution is 0.590. The Hall–Kier alpha value is 0.530. The first-order valence-electron chi connectivity index (χ1n) is 2.52. The Labute approximate surface area is 93.6 Å². The van der Waals surface area contributed by atoms with Crippen LogP contribution in [0.2, 0.25) is 0 Å². The number of aromatic amines is 1. The van der Waals surface area contributed by atoms with E-state index in [-0.39, 0.29) is 5.16 Å². The molecule has 0 radical (unpaired) electrons. The van der Waals surface area contributed by atoms with Crippen molar-refractivity contribution in [2.24, 2.45) is 0 Å². The Morgan fingerprint density at radius 2 is 2.00 bits per heavy atom. The highest BCUT2D eigenvalue weighted by atomic mass is 80.0. The number of H-pyrrole nitrogens is 1. The Morgan fingerprint density at radius 1 is 1.42 bits per heavy atom. The largest absolute Gasteiger partial charge is 0.250 e. The predicted octanol–water partition coefficient (Wildman–Crippen LogP) is 1.37. The van der Waals surface area contributed by atoms with Crippen molar-refractivity contribution in [3.63, 3.8) is 0 Å². The molecule has 1 rings (SSSR count). The second-order valence-corrected chi connectivity index (χ2v) is 12.1. The lowest BCUT2D eigenvalue weighted by Gasteiger charge is -2.09. The summed E-state index contributed by atoms with van der Waals surface area (Å²) in [5.41, 5.74) is 0. The van der Waals surface area contributed by atoms with E-state index in [2.05, 4.69) is 63.0 Å². The molecular formula is C3H2Br3N3O2S. The number of rotatable bonds is 1. The summed E-state index contributed by atoms with van der Waals surface area (Å²) < 4.78 is 21.5. The van der Waals surface area contributed by atoms with E-state index in [1.807, 2.05) is 0 Å². The van der Waals surface area contributed by atoms with Gasteiger partial charge in [-0.2, -0.15) is 5.10 Å². The van der Waals surface area contributed by atoms with E-state index >= 15 is 0 Å². The lowest BCUT2D eigenvalue weighted by atomic mass is 11.3. The molecule has 1 aromatic heterocycles. The van der Waals surface area contributed by atoms with Crippen LogP contribution in [0.4, 0.5) is 0 Å². The first kappa shape index (κ1) is 10.6. The molecule has 9 heteroatoms. The number of aromatic nitrogens is 3. The van der Waals surface area contributed by atoms with E-state index in [1.165, 1.54) is 0 Å². The molecular weight excluding hydrogens is 382 g/mol. The average molecular weight is 384 g/mol. The van der Waals surface area contributed by atoms with Crippen LogP contribution in [0.25, 0.3) is 0 Å². The topological polar surface area (TPSA) is 75.7 Å². The van der Waals surface area contributed by atoms with Crippen LogP contribution in [0, 0.1) is 0 Å². The third-order valence-electron chi connectivity index (χ3n) is 0.952. The van der Waals surface area contributed by atoms with E-state index in [9.17, 15) is 8.42 Å². The van der Waals surface area contributed by atoms with Crippen molar-refractivity contribution in [1.82, 2.24) is 15.2 Å². The molecule has 0 unspecified atom stereocenters. The summed E-state index contributed by atoms with van der Waals surface area (Å²) in [4.78, 5) is 3.51. The number of sulfone groups is 1. The highest BCUT2D eigenvalue weighted by Gasteiger charge is 2.39. The molecule has 0 atom stereocenters. The highest BCUT2D eigenvalue weighted by molar-refractivity contribution is 9.42. The standard InChI is InChI=1S/C3H2Br3N3O2S/c4-3(5,6)12(10,11)2-7-1-8-9-2/h1H,(H,7,8,9). The van der Waals surface area contributed by atoms with Crippen LogP contribution < -0.4 is 0 Å². The van der Waals surface area contributed by atoms with E-state index < -0.39 is 11.3 Å². The monoisotopic (exact) mass is 381 g/mol.